The summed E-state index contributed by atoms with van der Waals surface area (Å²) in [6, 6.07) is 0. The third kappa shape index (κ3) is 3.05. The Balaban J connectivity index is 2.07. The minimum Gasteiger partial charge on any atom is -0.387 e. The molecule has 0 bridgehead atoms. The fourth-order valence-corrected chi connectivity index (χ4v) is 1.83. The maximum Gasteiger partial charge on any atom is 0.264 e. The van der Waals surface area contributed by atoms with Gasteiger partial charge in [0, 0.05) is 0 Å². The van der Waals surface area contributed by atoms with Crippen LogP contribution in [-0.4, -0.2) is 17.6 Å². The van der Waals surface area contributed by atoms with Gasteiger partial charge in [-0.15, -0.1) is 0 Å². The van der Waals surface area contributed by atoms with Gasteiger partial charge in [0.15, 0.2) is 0 Å². The highest BCUT2D eigenvalue weighted by atomic mass is 19.3. The van der Waals surface area contributed by atoms with Gasteiger partial charge in [0.2, 0.25) is 0 Å². The first kappa shape index (κ1) is 9.90. The van der Waals surface area contributed by atoms with Crippen molar-refractivity contribution in [2.45, 2.75) is 51.1 Å². The van der Waals surface area contributed by atoms with Gasteiger partial charge in [-0.2, -0.15) is 0 Å². The van der Waals surface area contributed by atoms with E-state index in [1.807, 2.05) is 0 Å². The molecule has 12 heavy (non-hydrogen) atoms. The minimum absolute atomic E-state index is 0.266. The van der Waals surface area contributed by atoms with Crippen molar-refractivity contribution < 1.29 is 13.9 Å². The van der Waals surface area contributed by atoms with Gasteiger partial charge in [-0.05, 0) is 18.8 Å². The summed E-state index contributed by atoms with van der Waals surface area (Å²) in [6.07, 6.45) is 1.86. The zero-order valence-corrected chi connectivity index (χ0v) is 7.18. The van der Waals surface area contributed by atoms with Gasteiger partial charge < -0.3 is 5.11 Å². The summed E-state index contributed by atoms with van der Waals surface area (Å²) < 4.78 is 23.7. The maximum atomic E-state index is 11.9. The molecule has 0 amide bonds. The third-order valence-corrected chi connectivity index (χ3v) is 2.64. The number of hydrogen-bond donors (Lipinski definition) is 1. The van der Waals surface area contributed by atoms with E-state index in [4.69, 9.17) is 5.11 Å². The van der Waals surface area contributed by atoms with Gasteiger partial charge in [-0.3, -0.25) is 0 Å². The Labute approximate surface area is 71.8 Å². The molecule has 0 saturated heterocycles. The summed E-state index contributed by atoms with van der Waals surface area (Å²) in [5.74, 6) is 0.596. The van der Waals surface area contributed by atoms with E-state index >= 15 is 0 Å². The van der Waals surface area contributed by atoms with Crippen molar-refractivity contribution in [1.29, 1.82) is 0 Å². The van der Waals surface area contributed by atoms with Crippen LogP contribution >= 0.6 is 0 Å². The molecule has 0 heterocycles. The predicted octanol–water partition coefficient (Wildman–Crippen LogP) is 2.58. The minimum atomic E-state index is -2.56. The van der Waals surface area contributed by atoms with Crippen molar-refractivity contribution in [3.63, 3.8) is 0 Å². The molecule has 0 aromatic carbocycles. The lowest BCUT2D eigenvalue weighted by Crippen LogP contribution is -2.18. The van der Waals surface area contributed by atoms with Gasteiger partial charge in [-0.25, -0.2) is 8.78 Å². The van der Waals surface area contributed by atoms with E-state index in [1.54, 1.807) is 0 Å². The highest BCUT2D eigenvalue weighted by Gasteiger charge is 2.20. The first-order valence-corrected chi connectivity index (χ1v) is 4.66. The Hall–Kier alpha value is -0.180. The van der Waals surface area contributed by atoms with Crippen molar-refractivity contribution in [2.75, 3.05) is 0 Å². The molecular weight excluding hydrogens is 162 g/mol. The third-order valence-electron chi connectivity index (χ3n) is 2.64. The van der Waals surface area contributed by atoms with Crippen molar-refractivity contribution >= 4 is 0 Å². The molecule has 1 saturated carbocycles. The molecule has 3 heteroatoms. The SMILES string of the molecule is OC(CCC1CCCC1)C(F)F. The summed E-state index contributed by atoms with van der Waals surface area (Å²) in [5, 5.41) is 8.84. The molecular formula is C9H16F2O. The molecule has 1 nitrogen and oxygen atoms in total. The summed E-state index contributed by atoms with van der Waals surface area (Å²) in [5.41, 5.74) is 0. The number of rotatable bonds is 4. The lowest BCUT2D eigenvalue weighted by molar-refractivity contribution is -0.0118. The number of alkyl halides is 2. The smallest absolute Gasteiger partial charge is 0.264 e. The van der Waals surface area contributed by atoms with Crippen LogP contribution in [0.3, 0.4) is 0 Å². The van der Waals surface area contributed by atoms with Crippen molar-refractivity contribution in [3.05, 3.63) is 0 Å². The second kappa shape index (κ2) is 4.75. The quantitative estimate of drug-likeness (QED) is 0.701. The van der Waals surface area contributed by atoms with Crippen LogP contribution in [0.15, 0.2) is 0 Å². The molecule has 0 spiro atoms. The number of hydrogen-bond acceptors (Lipinski definition) is 1. The van der Waals surface area contributed by atoms with Gasteiger partial charge in [-0.1, -0.05) is 25.7 Å². The molecule has 1 rings (SSSR count). The first-order valence-electron chi connectivity index (χ1n) is 4.66. The molecule has 1 N–H and O–H groups in total. The standard InChI is InChI=1S/C9H16F2O/c10-9(11)8(12)6-5-7-3-1-2-4-7/h7-9,12H,1-6H2. The van der Waals surface area contributed by atoms with Crippen LogP contribution in [0, 0.1) is 5.92 Å². The number of aliphatic hydroxyl groups is 1. The highest BCUT2D eigenvalue weighted by Crippen LogP contribution is 2.29. The topological polar surface area (TPSA) is 20.2 Å². The molecule has 0 aliphatic heterocycles. The van der Waals surface area contributed by atoms with E-state index in [9.17, 15) is 8.78 Å². The largest absolute Gasteiger partial charge is 0.387 e. The molecule has 0 radical (unpaired) electrons. The Kier molecular flexibility index (Phi) is 3.92. The number of halogens is 2. The predicted molar refractivity (Wildman–Crippen MR) is 43.2 cm³/mol. The zero-order valence-electron chi connectivity index (χ0n) is 7.18. The summed E-state index contributed by atoms with van der Waals surface area (Å²) in [4.78, 5) is 0. The fourth-order valence-electron chi connectivity index (χ4n) is 1.83. The molecule has 1 aliphatic carbocycles. The molecule has 0 aromatic rings. The first-order chi connectivity index (χ1) is 5.70. The fraction of sp³-hybridized carbons (Fsp3) is 1.00. The maximum absolute atomic E-state index is 11.9. The van der Waals surface area contributed by atoms with Crippen LogP contribution in [0.2, 0.25) is 0 Å². The lowest BCUT2D eigenvalue weighted by Gasteiger charge is -2.12. The van der Waals surface area contributed by atoms with Crippen molar-refractivity contribution in [1.82, 2.24) is 0 Å². The van der Waals surface area contributed by atoms with Crippen LogP contribution in [0.1, 0.15) is 38.5 Å². The molecule has 1 aliphatic rings. The average molecular weight is 178 g/mol. The lowest BCUT2D eigenvalue weighted by atomic mass is 10.00. The second-order valence-corrected chi connectivity index (χ2v) is 3.63. The monoisotopic (exact) mass is 178 g/mol. The van der Waals surface area contributed by atoms with Crippen LogP contribution in [0.5, 0.6) is 0 Å². The van der Waals surface area contributed by atoms with Crippen LogP contribution in [-0.2, 0) is 0 Å². The molecule has 1 unspecified atom stereocenters. The molecule has 72 valence electrons. The van der Waals surface area contributed by atoms with E-state index < -0.39 is 12.5 Å². The summed E-state index contributed by atoms with van der Waals surface area (Å²) in [6.45, 7) is 0. The van der Waals surface area contributed by atoms with E-state index in [0.717, 1.165) is 19.3 Å². The van der Waals surface area contributed by atoms with Crippen LogP contribution in [0.4, 0.5) is 8.78 Å². The Morgan fingerprint density at radius 1 is 1.25 bits per heavy atom. The van der Waals surface area contributed by atoms with Gasteiger partial charge in [0.05, 0.1) is 0 Å². The Bertz CT molecular complexity index is 120. The average Bonchev–Trinajstić information content (AvgIpc) is 2.51. The van der Waals surface area contributed by atoms with Crippen molar-refractivity contribution in [2.24, 2.45) is 5.92 Å². The summed E-state index contributed by atoms with van der Waals surface area (Å²) in [7, 11) is 0. The van der Waals surface area contributed by atoms with Gasteiger partial charge >= 0.3 is 0 Å². The molecule has 1 atom stereocenters. The summed E-state index contributed by atoms with van der Waals surface area (Å²) >= 11 is 0. The van der Waals surface area contributed by atoms with E-state index in [0.29, 0.717) is 5.92 Å². The second-order valence-electron chi connectivity index (χ2n) is 3.63. The van der Waals surface area contributed by atoms with E-state index in [1.165, 1.54) is 12.8 Å². The normalized spacial score (nSPS) is 22.0. The Morgan fingerprint density at radius 3 is 2.33 bits per heavy atom. The van der Waals surface area contributed by atoms with Crippen LogP contribution in [0.25, 0.3) is 0 Å². The van der Waals surface area contributed by atoms with E-state index in [2.05, 4.69) is 0 Å². The van der Waals surface area contributed by atoms with Crippen LogP contribution < -0.4 is 0 Å². The van der Waals surface area contributed by atoms with Gasteiger partial charge in [0.1, 0.15) is 6.10 Å². The zero-order chi connectivity index (χ0) is 8.97. The molecule has 1 fully saturated rings. The highest BCUT2D eigenvalue weighted by molar-refractivity contribution is 4.69. The Morgan fingerprint density at radius 2 is 1.83 bits per heavy atom. The number of aliphatic hydroxyl groups excluding tert-OH is 1. The molecule has 0 aromatic heterocycles. The van der Waals surface area contributed by atoms with Crippen molar-refractivity contribution in [3.8, 4) is 0 Å². The van der Waals surface area contributed by atoms with E-state index in [-0.39, 0.29) is 6.42 Å². The van der Waals surface area contributed by atoms with Gasteiger partial charge in [0.25, 0.3) is 6.43 Å².